The summed E-state index contributed by atoms with van der Waals surface area (Å²) in [5, 5.41) is 0. The Morgan fingerprint density at radius 1 is 1.41 bits per heavy atom. The molecule has 5 nitrogen and oxygen atoms in total. The van der Waals surface area contributed by atoms with Crippen LogP contribution in [0.4, 0.5) is 0 Å². The van der Waals surface area contributed by atoms with Crippen molar-refractivity contribution in [2.24, 2.45) is 0 Å². The zero-order chi connectivity index (χ0) is 12.5. The molecular weight excluding hydrogens is 218 g/mol. The topological polar surface area (TPSA) is 55.6 Å². The third kappa shape index (κ3) is 2.82. The Labute approximate surface area is 99.4 Å². The van der Waals surface area contributed by atoms with E-state index in [2.05, 4.69) is 10.5 Å². The molecular formula is C12H15N3O2. The van der Waals surface area contributed by atoms with Gasteiger partial charge in [0.05, 0.1) is 5.60 Å². The molecule has 1 N–H and O–H groups in total. The van der Waals surface area contributed by atoms with E-state index in [1.165, 1.54) is 0 Å². The number of hydrogen-bond acceptors (Lipinski definition) is 3. The molecule has 0 saturated heterocycles. The van der Waals surface area contributed by atoms with Gasteiger partial charge in [0.2, 0.25) is 0 Å². The van der Waals surface area contributed by atoms with Crippen LogP contribution >= 0.6 is 0 Å². The first-order valence-electron chi connectivity index (χ1n) is 5.38. The van der Waals surface area contributed by atoms with Gasteiger partial charge in [-0.3, -0.25) is 9.63 Å². The van der Waals surface area contributed by atoms with Crippen LogP contribution < -0.4 is 5.48 Å². The number of rotatable bonds is 2. The maximum Gasteiger partial charge on any atom is 0.295 e. The minimum atomic E-state index is -0.422. The Hall–Kier alpha value is -1.88. The van der Waals surface area contributed by atoms with Gasteiger partial charge < -0.3 is 4.40 Å². The molecule has 2 aromatic heterocycles. The highest BCUT2D eigenvalue weighted by Crippen LogP contribution is 2.07. The second-order valence-corrected chi connectivity index (χ2v) is 4.74. The Balaban J connectivity index is 2.14. The molecule has 0 bridgehead atoms. The van der Waals surface area contributed by atoms with Crippen molar-refractivity contribution in [2.75, 3.05) is 0 Å². The van der Waals surface area contributed by atoms with Crippen molar-refractivity contribution in [1.29, 1.82) is 0 Å². The number of carbonyl (C=O) groups excluding carboxylic acids is 1. The number of pyridine rings is 1. The van der Waals surface area contributed by atoms with E-state index >= 15 is 0 Å². The minimum Gasteiger partial charge on any atom is -0.306 e. The van der Waals surface area contributed by atoms with E-state index in [9.17, 15) is 4.79 Å². The third-order valence-corrected chi connectivity index (χ3v) is 2.05. The van der Waals surface area contributed by atoms with E-state index in [1.54, 1.807) is 10.6 Å². The van der Waals surface area contributed by atoms with E-state index in [0.29, 0.717) is 5.69 Å². The second kappa shape index (κ2) is 4.18. The number of amides is 1. The normalized spacial score (nSPS) is 11.7. The SMILES string of the molecule is CC(C)(C)ONC(=O)c1cn2ccccc2n1. The maximum atomic E-state index is 11.7. The molecule has 0 spiro atoms. The van der Waals surface area contributed by atoms with Crippen molar-refractivity contribution in [3.8, 4) is 0 Å². The van der Waals surface area contributed by atoms with Gasteiger partial charge in [0, 0.05) is 12.4 Å². The molecule has 17 heavy (non-hydrogen) atoms. The van der Waals surface area contributed by atoms with Crippen molar-refractivity contribution in [2.45, 2.75) is 26.4 Å². The van der Waals surface area contributed by atoms with Crippen molar-refractivity contribution in [3.05, 3.63) is 36.3 Å². The second-order valence-electron chi connectivity index (χ2n) is 4.74. The number of aromatic nitrogens is 2. The smallest absolute Gasteiger partial charge is 0.295 e. The lowest BCUT2D eigenvalue weighted by atomic mass is 10.2. The Kier molecular flexibility index (Phi) is 2.85. The van der Waals surface area contributed by atoms with Crippen LogP contribution in [0.5, 0.6) is 0 Å². The van der Waals surface area contributed by atoms with Crippen LogP contribution in [0.1, 0.15) is 31.3 Å². The van der Waals surface area contributed by atoms with Gasteiger partial charge in [-0.25, -0.2) is 10.5 Å². The summed E-state index contributed by atoms with van der Waals surface area (Å²) in [5.41, 5.74) is 3.03. The molecule has 0 unspecified atom stereocenters. The number of fused-ring (bicyclic) bond motifs is 1. The van der Waals surface area contributed by atoms with Crippen LogP contribution in [0.3, 0.4) is 0 Å². The number of nitrogens with one attached hydrogen (secondary N) is 1. The predicted octanol–water partition coefficient (Wildman–Crippen LogP) is 1.79. The van der Waals surface area contributed by atoms with Gasteiger partial charge in [0.1, 0.15) is 11.3 Å². The fourth-order valence-electron chi connectivity index (χ4n) is 1.30. The lowest BCUT2D eigenvalue weighted by Gasteiger charge is -2.18. The summed E-state index contributed by atoms with van der Waals surface area (Å²) < 4.78 is 1.78. The molecule has 0 aromatic carbocycles. The molecule has 2 rings (SSSR count). The first kappa shape index (κ1) is 11.6. The molecule has 0 aliphatic rings. The molecule has 1 amide bonds. The number of hydrogen-bond donors (Lipinski definition) is 1. The molecule has 0 fully saturated rings. The van der Waals surface area contributed by atoms with Gasteiger partial charge >= 0.3 is 0 Å². The third-order valence-electron chi connectivity index (χ3n) is 2.05. The molecule has 0 aliphatic heterocycles. The summed E-state index contributed by atoms with van der Waals surface area (Å²) in [4.78, 5) is 21.1. The van der Waals surface area contributed by atoms with Gasteiger partial charge in [0.25, 0.3) is 5.91 Å². The van der Waals surface area contributed by atoms with Crippen LogP contribution in [-0.4, -0.2) is 20.9 Å². The highest BCUT2D eigenvalue weighted by atomic mass is 16.7. The number of carbonyl (C=O) groups is 1. The Morgan fingerprint density at radius 2 is 2.18 bits per heavy atom. The highest BCUT2D eigenvalue weighted by molar-refractivity contribution is 5.92. The summed E-state index contributed by atoms with van der Waals surface area (Å²) >= 11 is 0. The molecule has 0 saturated carbocycles. The summed E-state index contributed by atoms with van der Waals surface area (Å²) in [6.07, 6.45) is 3.50. The van der Waals surface area contributed by atoms with E-state index in [4.69, 9.17) is 4.84 Å². The van der Waals surface area contributed by atoms with Gasteiger partial charge in [-0.15, -0.1) is 0 Å². The molecule has 0 radical (unpaired) electrons. The lowest BCUT2D eigenvalue weighted by Crippen LogP contribution is -2.33. The fourth-order valence-corrected chi connectivity index (χ4v) is 1.30. The van der Waals surface area contributed by atoms with Gasteiger partial charge in [-0.1, -0.05) is 6.07 Å². The van der Waals surface area contributed by atoms with Crippen LogP contribution in [0.2, 0.25) is 0 Å². The Morgan fingerprint density at radius 3 is 2.82 bits per heavy atom. The minimum absolute atomic E-state index is 0.334. The molecule has 2 heterocycles. The van der Waals surface area contributed by atoms with Gasteiger partial charge in [0.15, 0.2) is 0 Å². The van der Waals surface area contributed by atoms with E-state index in [-0.39, 0.29) is 5.91 Å². The molecule has 0 atom stereocenters. The van der Waals surface area contributed by atoms with Gasteiger partial charge in [-0.2, -0.15) is 0 Å². The summed E-state index contributed by atoms with van der Waals surface area (Å²) in [7, 11) is 0. The van der Waals surface area contributed by atoms with Crippen LogP contribution in [-0.2, 0) is 4.84 Å². The van der Waals surface area contributed by atoms with Gasteiger partial charge in [-0.05, 0) is 32.9 Å². The van der Waals surface area contributed by atoms with Crippen molar-refractivity contribution in [1.82, 2.24) is 14.9 Å². The van der Waals surface area contributed by atoms with E-state index in [1.807, 2.05) is 45.2 Å². The summed E-state index contributed by atoms with van der Waals surface area (Å²) in [5.74, 6) is -0.344. The first-order chi connectivity index (χ1) is 7.96. The molecule has 0 aliphatic carbocycles. The van der Waals surface area contributed by atoms with Crippen molar-refractivity contribution in [3.63, 3.8) is 0 Å². The van der Waals surface area contributed by atoms with Crippen LogP contribution in [0, 0.1) is 0 Å². The molecule has 90 valence electrons. The largest absolute Gasteiger partial charge is 0.306 e. The number of hydroxylamine groups is 1. The highest BCUT2D eigenvalue weighted by Gasteiger charge is 2.15. The van der Waals surface area contributed by atoms with Crippen molar-refractivity contribution < 1.29 is 9.63 Å². The lowest BCUT2D eigenvalue weighted by molar-refractivity contribution is -0.0591. The Bertz CT molecular complexity index is 507. The molecule has 2 aromatic rings. The van der Waals surface area contributed by atoms with E-state index in [0.717, 1.165) is 5.65 Å². The van der Waals surface area contributed by atoms with Crippen LogP contribution in [0.15, 0.2) is 30.6 Å². The average molecular weight is 233 g/mol. The predicted molar refractivity (Wildman–Crippen MR) is 63.5 cm³/mol. The number of imidazole rings is 1. The maximum absolute atomic E-state index is 11.7. The number of nitrogens with zero attached hydrogens (tertiary/aromatic N) is 2. The van der Waals surface area contributed by atoms with Crippen LogP contribution in [0.25, 0.3) is 5.65 Å². The average Bonchev–Trinajstić information content (AvgIpc) is 2.68. The standard InChI is InChI=1S/C12H15N3O2/c1-12(2,3)17-14-11(16)9-8-15-7-5-4-6-10(15)13-9/h4-8H,1-3H3,(H,14,16). The molecule has 5 heteroatoms. The quantitative estimate of drug-likeness (QED) is 0.805. The fraction of sp³-hybridized carbons (Fsp3) is 0.333. The first-order valence-corrected chi connectivity index (χ1v) is 5.38. The summed E-state index contributed by atoms with van der Waals surface area (Å²) in [6.45, 7) is 5.57. The monoisotopic (exact) mass is 233 g/mol. The summed E-state index contributed by atoms with van der Waals surface area (Å²) in [6, 6.07) is 5.58. The van der Waals surface area contributed by atoms with E-state index < -0.39 is 5.60 Å². The zero-order valence-corrected chi connectivity index (χ0v) is 10.1. The zero-order valence-electron chi connectivity index (χ0n) is 10.1. The van der Waals surface area contributed by atoms with Crippen molar-refractivity contribution >= 4 is 11.6 Å².